The second-order valence-electron chi connectivity index (χ2n) is 6.13. The van der Waals surface area contributed by atoms with E-state index in [4.69, 9.17) is 4.42 Å². The van der Waals surface area contributed by atoms with Crippen molar-refractivity contribution in [3.8, 4) is 11.6 Å². The van der Waals surface area contributed by atoms with Gasteiger partial charge in [0.25, 0.3) is 0 Å². The minimum absolute atomic E-state index is 0.0940. The molecule has 3 aromatic rings. The van der Waals surface area contributed by atoms with Crippen molar-refractivity contribution in [3.63, 3.8) is 0 Å². The van der Waals surface area contributed by atoms with Crippen molar-refractivity contribution in [2.75, 3.05) is 6.54 Å². The molecule has 1 atom stereocenters. The van der Waals surface area contributed by atoms with Gasteiger partial charge in [0.2, 0.25) is 5.91 Å². The Morgan fingerprint density at radius 2 is 1.96 bits per heavy atom. The summed E-state index contributed by atoms with van der Waals surface area (Å²) in [4.78, 5) is 14.8. The Kier molecular flexibility index (Phi) is 6.34. The third-order valence-electron chi connectivity index (χ3n) is 4.31. The average Bonchev–Trinajstić information content (AvgIpc) is 3.35. The number of benzene rings is 1. The smallest absolute Gasteiger partial charge is 0.236 e. The van der Waals surface area contributed by atoms with Crippen LogP contribution in [-0.2, 0) is 17.9 Å². The Balaban J connectivity index is 1.72. The molecule has 0 aliphatic rings. The van der Waals surface area contributed by atoms with E-state index >= 15 is 0 Å². The summed E-state index contributed by atoms with van der Waals surface area (Å²) in [5, 5.41) is 8.99. The van der Waals surface area contributed by atoms with Crippen molar-refractivity contribution >= 4 is 17.7 Å². The number of thioether (sulfide) groups is 1. The summed E-state index contributed by atoms with van der Waals surface area (Å²) in [7, 11) is 0. The van der Waals surface area contributed by atoms with Crippen LogP contribution in [0.25, 0.3) is 11.6 Å². The van der Waals surface area contributed by atoms with E-state index in [9.17, 15) is 4.79 Å². The molecule has 0 fully saturated rings. The summed E-state index contributed by atoms with van der Waals surface area (Å²) in [5.74, 6) is 1.45. The van der Waals surface area contributed by atoms with Crippen LogP contribution in [0, 0.1) is 0 Å². The van der Waals surface area contributed by atoms with Crippen molar-refractivity contribution in [3.05, 3.63) is 54.3 Å². The Morgan fingerprint density at radius 1 is 1.19 bits per heavy atom. The maximum absolute atomic E-state index is 12.9. The summed E-state index contributed by atoms with van der Waals surface area (Å²) < 4.78 is 7.42. The molecule has 1 unspecified atom stereocenters. The van der Waals surface area contributed by atoms with Gasteiger partial charge in [0.15, 0.2) is 16.7 Å². The molecule has 3 rings (SSSR count). The molecular weight excluding hydrogens is 360 g/mol. The first kappa shape index (κ1) is 19.2. The van der Waals surface area contributed by atoms with E-state index < -0.39 is 0 Å². The molecule has 0 spiro atoms. The van der Waals surface area contributed by atoms with Crippen LogP contribution in [0.4, 0.5) is 0 Å². The van der Waals surface area contributed by atoms with E-state index in [-0.39, 0.29) is 11.2 Å². The van der Waals surface area contributed by atoms with Gasteiger partial charge in [-0.2, -0.15) is 0 Å². The number of carbonyl (C=O) groups excluding carboxylic acids is 1. The highest BCUT2D eigenvalue weighted by molar-refractivity contribution is 8.00. The van der Waals surface area contributed by atoms with Crippen molar-refractivity contribution in [2.24, 2.45) is 0 Å². The molecule has 0 aliphatic heterocycles. The number of carbonyl (C=O) groups is 1. The molecule has 7 heteroatoms. The van der Waals surface area contributed by atoms with Gasteiger partial charge in [-0.3, -0.25) is 9.36 Å². The van der Waals surface area contributed by atoms with Crippen molar-refractivity contribution in [1.82, 2.24) is 19.7 Å². The van der Waals surface area contributed by atoms with Crippen LogP contribution in [-0.4, -0.2) is 37.4 Å². The number of aromatic nitrogens is 3. The van der Waals surface area contributed by atoms with E-state index in [0.717, 1.165) is 10.7 Å². The maximum atomic E-state index is 12.9. The largest absolute Gasteiger partial charge is 0.461 e. The zero-order valence-electron chi connectivity index (χ0n) is 15.8. The standard InChI is InChI=1S/C20H24N4O2S/c1-4-23(14-16-10-7-6-8-11-16)19(25)15(3)27-20-22-21-18(24(20)5-2)17-12-9-13-26-17/h6-13,15H,4-5,14H2,1-3H3. The van der Waals surface area contributed by atoms with Crippen molar-refractivity contribution < 1.29 is 9.21 Å². The molecule has 2 heterocycles. The van der Waals surface area contributed by atoms with Gasteiger partial charge in [0.1, 0.15) is 0 Å². The number of hydrogen-bond acceptors (Lipinski definition) is 5. The van der Waals surface area contributed by atoms with Crippen molar-refractivity contribution in [2.45, 2.75) is 44.3 Å². The summed E-state index contributed by atoms with van der Waals surface area (Å²) in [6, 6.07) is 13.7. The van der Waals surface area contributed by atoms with Crippen LogP contribution in [0.3, 0.4) is 0 Å². The summed E-state index contributed by atoms with van der Waals surface area (Å²) in [6.07, 6.45) is 1.62. The molecule has 1 amide bonds. The lowest BCUT2D eigenvalue weighted by molar-refractivity contribution is -0.130. The first-order valence-corrected chi connectivity index (χ1v) is 9.98. The van der Waals surface area contributed by atoms with Gasteiger partial charge in [-0.15, -0.1) is 10.2 Å². The third kappa shape index (κ3) is 4.42. The minimum Gasteiger partial charge on any atom is -0.461 e. The zero-order chi connectivity index (χ0) is 19.2. The molecule has 0 saturated heterocycles. The lowest BCUT2D eigenvalue weighted by Gasteiger charge is -2.24. The fourth-order valence-electron chi connectivity index (χ4n) is 2.86. The molecular formula is C20H24N4O2S. The topological polar surface area (TPSA) is 64.2 Å². The van der Waals surface area contributed by atoms with Gasteiger partial charge in [-0.25, -0.2) is 0 Å². The molecule has 0 saturated carbocycles. The predicted molar refractivity (Wildman–Crippen MR) is 106 cm³/mol. The summed E-state index contributed by atoms with van der Waals surface area (Å²) in [6.45, 7) is 7.92. The van der Waals surface area contributed by atoms with Gasteiger partial charge in [0, 0.05) is 19.6 Å². The van der Waals surface area contributed by atoms with E-state index in [1.807, 2.05) is 72.7 Å². The fourth-order valence-corrected chi connectivity index (χ4v) is 3.86. The van der Waals surface area contributed by atoms with Gasteiger partial charge < -0.3 is 9.32 Å². The van der Waals surface area contributed by atoms with Crippen molar-refractivity contribution in [1.29, 1.82) is 0 Å². The Labute approximate surface area is 163 Å². The average molecular weight is 385 g/mol. The quantitative estimate of drug-likeness (QED) is 0.548. The van der Waals surface area contributed by atoms with E-state index in [2.05, 4.69) is 10.2 Å². The third-order valence-corrected chi connectivity index (χ3v) is 5.38. The first-order valence-electron chi connectivity index (χ1n) is 9.10. The Morgan fingerprint density at radius 3 is 2.59 bits per heavy atom. The first-order chi connectivity index (χ1) is 13.1. The predicted octanol–water partition coefficient (Wildman–Crippen LogP) is 4.09. The highest BCUT2D eigenvalue weighted by atomic mass is 32.2. The molecule has 0 radical (unpaired) electrons. The van der Waals surface area contributed by atoms with Crippen LogP contribution in [0.1, 0.15) is 26.3 Å². The van der Waals surface area contributed by atoms with Crippen LogP contribution in [0.5, 0.6) is 0 Å². The van der Waals surface area contributed by atoms with Crippen LogP contribution < -0.4 is 0 Å². The lowest BCUT2D eigenvalue weighted by Crippen LogP contribution is -2.36. The molecule has 2 aromatic heterocycles. The number of amides is 1. The van der Waals surface area contributed by atoms with E-state index in [1.165, 1.54) is 11.8 Å². The van der Waals surface area contributed by atoms with Crippen LogP contribution in [0.2, 0.25) is 0 Å². The summed E-state index contributed by atoms with van der Waals surface area (Å²) in [5.41, 5.74) is 1.13. The monoisotopic (exact) mass is 384 g/mol. The van der Waals surface area contributed by atoms with E-state index in [1.54, 1.807) is 6.26 Å². The molecule has 0 aliphatic carbocycles. The van der Waals surface area contributed by atoms with Gasteiger partial charge >= 0.3 is 0 Å². The molecule has 0 bridgehead atoms. The summed E-state index contributed by atoms with van der Waals surface area (Å²) >= 11 is 1.43. The Hall–Kier alpha value is -2.54. The minimum atomic E-state index is -0.257. The van der Waals surface area contributed by atoms with Gasteiger partial charge in [0.05, 0.1) is 11.5 Å². The highest BCUT2D eigenvalue weighted by Gasteiger charge is 2.24. The number of nitrogens with zero attached hydrogens (tertiary/aromatic N) is 4. The zero-order valence-corrected chi connectivity index (χ0v) is 16.6. The maximum Gasteiger partial charge on any atom is 0.236 e. The van der Waals surface area contributed by atoms with Crippen LogP contribution in [0.15, 0.2) is 58.3 Å². The number of rotatable bonds is 8. The SMILES string of the molecule is CCN(Cc1ccccc1)C(=O)C(C)Sc1nnc(-c2ccco2)n1CC. The normalized spacial score (nSPS) is 12.1. The second-order valence-corrected chi connectivity index (χ2v) is 7.43. The lowest BCUT2D eigenvalue weighted by atomic mass is 10.2. The van der Waals surface area contributed by atoms with Gasteiger partial charge in [-0.1, -0.05) is 42.1 Å². The number of hydrogen-bond donors (Lipinski definition) is 0. The van der Waals surface area contributed by atoms with Gasteiger partial charge in [-0.05, 0) is 38.5 Å². The molecule has 142 valence electrons. The molecule has 27 heavy (non-hydrogen) atoms. The number of furan rings is 1. The van der Waals surface area contributed by atoms with Crippen LogP contribution >= 0.6 is 11.8 Å². The Bertz CT molecular complexity index is 862. The fraction of sp³-hybridized carbons (Fsp3) is 0.350. The molecule has 6 nitrogen and oxygen atoms in total. The van der Waals surface area contributed by atoms with E-state index in [0.29, 0.717) is 31.2 Å². The second kappa shape index (κ2) is 8.90. The highest BCUT2D eigenvalue weighted by Crippen LogP contribution is 2.28. The molecule has 0 N–H and O–H groups in total. The molecule has 1 aromatic carbocycles.